The zero-order valence-corrected chi connectivity index (χ0v) is 10.5. The number of carbonyl (C=O) groups is 1. The van der Waals surface area contributed by atoms with E-state index in [-0.39, 0.29) is 11.8 Å². The van der Waals surface area contributed by atoms with E-state index in [1.165, 1.54) is 5.39 Å². The van der Waals surface area contributed by atoms with Crippen molar-refractivity contribution in [1.29, 1.82) is 0 Å². The Kier molecular flexibility index (Phi) is 3.95. The molecule has 3 heteroatoms. The summed E-state index contributed by atoms with van der Waals surface area (Å²) >= 11 is 0. The number of rotatable bonds is 4. The average Bonchev–Trinajstić information content (AvgIpc) is 2.43. The van der Waals surface area contributed by atoms with Crippen LogP contribution in [-0.2, 0) is 4.79 Å². The Labute approximate surface area is 107 Å². The average molecular weight is 242 g/mol. The molecule has 0 fully saturated rings. The number of fused-ring (bicyclic) bond motifs is 1. The molecular weight excluding hydrogens is 224 g/mol. The molecule has 18 heavy (non-hydrogen) atoms. The molecule has 0 heterocycles. The first-order valence-electron chi connectivity index (χ1n) is 6.19. The van der Waals surface area contributed by atoms with Crippen molar-refractivity contribution in [3.63, 3.8) is 0 Å². The van der Waals surface area contributed by atoms with E-state index in [2.05, 4.69) is 29.6 Å². The summed E-state index contributed by atoms with van der Waals surface area (Å²) in [7, 11) is 0. The Bertz CT molecular complexity index is 551. The molecule has 0 saturated heterocycles. The Balaban J connectivity index is 2.22. The topological polar surface area (TPSA) is 55.1 Å². The van der Waals surface area contributed by atoms with Gasteiger partial charge >= 0.3 is 0 Å². The lowest BCUT2D eigenvalue weighted by atomic mass is 9.97. The molecule has 2 aromatic rings. The van der Waals surface area contributed by atoms with Gasteiger partial charge in [0, 0.05) is 13.1 Å². The van der Waals surface area contributed by atoms with Gasteiger partial charge in [-0.2, -0.15) is 0 Å². The van der Waals surface area contributed by atoms with Crippen LogP contribution < -0.4 is 11.1 Å². The van der Waals surface area contributed by atoms with Crippen molar-refractivity contribution in [3.8, 4) is 0 Å². The summed E-state index contributed by atoms with van der Waals surface area (Å²) in [5, 5.41) is 5.17. The molecule has 0 bridgehead atoms. The molecular formula is C15H18N2O. The van der Waals surface area contributed by atoms with Crippen LogP contribution in [0.15, 0.2) is 42.5 Å². The summed E-state index contributed by atoms with van der Waals surface area (Å²) in [6.45, 7) is 2.91. The van der Waals surface area contributed by atoms with Crippen LogP contribution in [-0.4, -0.2) is 19.0 Å². The highest BCUT2D eigenvalue weighted by Gasteiger charge is 2.14. The molecule has 2 rings (SSSR count). The first-order chi connectivity index (χ1) is 8.72. The zero-order valence-electron chi connectivity index (χ0n) is 10.5. The Morgan fingerprint density at radius 2 is 1.94 bits per heavy atom. The fraction of sp³-hybridized carbons (Fsp3) is 0.267. The summed E-state index contributed by atoms with van der Waals surface area (Å²) in [4.78, 5) is 11.9. The van der Waals surface area contributed by atoms with Gasteiger partial charge in [0.2, 0.25) is 5.91 Å². The maximum Gasteiger partial charge on any atom is 0.227 e. The van der Waals surface area contributed by atoms with E-state index in [4.69, 9.17) is 5.73 Å². The van der Waals surface area contributed by atoms with E-state index in [9.17, 15) is 4.79 Å². The molecule has 1 atom stereocenters. The number of nitrogens with one attached hydrogen (secondary N) is 1. The molecule has 2 aromatic carbocycles. The lowest BCUT2D eigenvalue weighted by Gasteiger charge is -2.12. The van der Waals surface area contributed by atoms with Crippen LogP contribution >= 0.6 is 0 Å². The van der Waals surface area contributed by atoms with Crippen molar-refractivity contribution in [2.75, 3.05) is 13.1 Å². The second-order valence-electron chi connectivity index (χ2n) is 4.41. The maximum absolute atomic E-state index is 11.9. The molecule has 0 radical (unpaired) electrons. The third-order valence-corrected chi connectivity index (χ3v) is 3.11. The predicted octanol–water partition coefficient (Wildman–Crippen LogP) is 2.02. The van der Waals surface area contributed by atoms with Crippen LogP contribution in [0.5, 0.6) is 0 Å². The van der Waals surface area contributed by atoms with Gasteiger partial charge in [-0.1, -0.05) is 42.5 Å². The summed E-state index contributed by atoms with van der Waals surface area (Å²) < 4.78 is 0. The molecule has 3 N–H and O–H groups in total. The van der Waals surface area contributed by atoms with Crippen LogP contribution in [0, 0.1) is 0 Å². The highest BCUT2D eigenvalue weighted by atomic mass is 16.1. The van der Waals surface area contributed by atoms with E-state index < -0.39 is 0 Å². The van der Waals surface area contributed by atoms with Crippen molar-refractivity contribution in [1.82, 2.24) is 5.32 Å². The molecule has 0 aliphatic heterocycles. The second kappa shape index (κ2) is 5.65. The Morgan fingerprint density at radius 1 is 1.22 bits per heavy atom. The third kappa shape index (κ3) is 2.68. The van der Waals surface area contributed by atoms with Gasteiger partial charge in [0.05, 0.1) is 5.92 Å². The highest BCUT2D eigenvalue weighted by molar-refractivity contribution is 5.87. The number of nitrogens with two attached hydrogens (primary N) is 1. The first kappa shape index (κ1) is 12.6. The summed E-state index contributed by atoms with van der Waals surface area (Å²) in [6, 6.07) is 14.3. The summed E-state index contributed by atoms with van der Waals surface area (Å²) in [5.74, 6) is -0.128. The smallest absolute Gasteiger partial charge is 0.227 e. The van der Waals surface area contributed by atoms with Gasteiger partial charge in [-0.15, -0.1) is 0 Å². The van der Waals surface area contributed by atoms with Crippen LogP contribution in [0.2, 0.25) is 0 Å². The minimum absolute atomic E-state index is 0.0238. The van der Waals surface area contributed by atoms with Crippen molar-refractivity contribution in [2.45, 2.75) is 12.8 Å². The fourth-order valence-corrected chi connectivity index (χ4v) is 1.98. The third-order valence-electron chi connectivity index (χ3n) is 3.11. The monoisotopic (exact) mass is 242 g/mol. The van der Waals surface area contributed by atoms with Crippen molar-refractivity contribution in [2.24, 2.45) is 5.73 Å². The molecule has 0 spiro atoms. The predicted molar refractivity (Wildman–Crippen MR) is 74.4 cm³/mol. The second-order valence-corrected chi connectivity index (χ2v) is 4.41. The van der Waals surface area contributed by atoms with Gasteiger partial charge in [0.15, 0.2) is 0 Å². The van der Waals surface area contributed by atoms with Gasteiger partial charge in [-0.25, -0.2) is 0 Å². The standard InChI is InChI=1S/C15H18N2O/c1-11(15(18)17-9-8-16)13-7-6-12-4-2-3-5-14(12)10-13/h2-7,10-11H,8-9,16H2,1H3,(H,17,18). The number of hydrogen-bond acceptors (Lipinski definition) is 2. The van der Waals surface area contributed by atoms with E-state index in [0.717, 1.165) is 10.9 Å². The largest absolute Gasteiger partial charge is 0.354 e. The molecule has 0 saturated carbocycles. The number of benzene rings is 2. The lowest BCUT2D eigenvalue weighted by molar-refractivity contribution is -0.122. The van der Waals surface area contributed by atoms with Crippen LogP contribution in [0.4, 0.5) is 0 Å². The van der Waals surface area contributed by atoms with E-state index in [1.807, 2.05) is 25.1 Å². The van der Waals surface area contributed by atoms with Crippen molar-refractivity contribution < 1.29 is 4.79 Å². The van der Waals surface area contributed by atoms with Crippen molar-refractivity contribution >= 4 is 16.7 Å². The van der Waals surface area contributed by atoms with Gasteiger partial charge in [-0.3, -0.25) is 4.79 Å². The van der Waals surface area contributed by atoms with E-state index in [1.54, 1.807) is 0 Å². The Hall–Kier alpha value is -1.87. The minimum Gasteiger partial charge on any atom is -0.354 e. The van der Waals surface area contributed by atoms with Gasteiger partial charge in [-0.05, 0) is 23.3 Å². The first-order valence-corrected chi connectivity index (χ1v) is 6.19. The maximum atomic E-state index is 11.9. The molecule has 0 aromatic heterocycles. The van der Waals surface area contributed by atoms with Crippen LogP contribution in [0.1, 0.15) is 18.4 Å². The highest BCUT2D eigenvalue weighted by Crippen LogP contribution is 2.21. The molecule has 94 valence electrons. The quantitative estimate of drug-likeness (QED) is 0.861. The van der Waals surface area contributed by atoms with Crippen LogP contribution in [0.3, 0.4) is 0 Å². The zero-order chi connectivity index (χ0) is 13.0. The SMILES string of the molecule is CC(C(=O)NCCN)c1ccc2ccccc2c1. The van der Waals surface area contributed by atoms with Crippen molar-refractivity contribution in [3.05, 3.63) is 48.0 Å². The molecule has 1 unspecified atom stereocenters. The fourth-order valence-electron chi connectivity index (χ4n) is 1.98. The number of carbonyl (C=O) groups excluding carboxylic acids is 1. The Morgan fingerprint density at radius 3 is 2.67 bits per heavy atom. The van der Waals surface area contributed by atoms with Gasteiger partial charge in [0.1, 0.15) is 0 Å². The minimum atomic E-state index is -0.152. The van der Waals surface area contributed by atoms with E-state index in [0.29, 0.717) is 13.1 Å². The molecule has 3 nitrogen and oxygen atoms in total. The van der Waals surface area contributed by atoms with Gasteiger partial charge < -0.3 is 11.1 Å². The molecule has 0 aliphatic carbocycles. The van der Waals surface area contributed by atoms with Crippen LogP contribution in [0.25, 0.3) is 10.8 Å². The number of amides is 1. The van der Waals surface area contributed by atoms with Gasteiger partial charge in [0.25, 0.3) is 0 Å². The summed E-state index contributed by atoms with van der Waals surface area (Å²) in [5.41, 5.74) is 6.41. The number of hydrogen-bond donors (Lipinski definition) is 2. The summed E-state index contributed by atoms with van der Waals surface area (Å²) in [6.07, 6.45) is 0. The molecule has 0 aliphatic rings. The lowest BCUT2D eigenvalue weighted by Crippen LogP contribution is -2.32. The van der Waals surface area contributed by atoms with E-state index >= 15 is 0 Å². The molecule has 1 amide bonds. The normalized spacial score (nSPS) is 12.3.